The number of aryl methyl sites for hydroxylation is 1. The normalized spacial score (nSPS) is 30.3. The second-order valence-electron chi connectivity index (χ2n) is 8.02. The maximum absolute atomic E-state index is 13.0. The zero-order chi connectivity index (χ0) is 17.3. The van der Waals surface area contributed by atoms with Crippen molar-refractivity contribution >= 4 is 5.91 Å². The number of hydrogen-bond acceptors (Lipinski definition) is 4. The van der Waals surface area contributed by atoms with Crippen LogP contribution in [-0.2, 0) is 16.2 Å². The van der Waals surface area contributed by atoms with E-state index in [2.05, 4.69) is 22.0 Å². The Morgan fingerprint density at radius 2 is 2.20 bits per heavy atom. The molecule has 2 aliphatic heterocycles. The Hall–Kier alpha value is -1.46. The fraction of sp³-hybridized carbons (Fsp3) is 0.700. The first-order valence-corrected chi connectivity index (χ1v) is 9.75. The number of rotatable bonds is 3. The van der Waals surface area contributed by atoms with Crippen molar-refractivity contribution in [1.29, 1.82) is 0 Å². The maximum Gasteiger partial charge on any atom is 0.249 e. The van der Waals surface area contributed by atoms with Crippen LogP contribution in [0.1, 0.15) is 49.9 Å². The molecule has 5 nitrogen and oxygen atoms in total. The Kier molecular flexibility index (Phi) is 4.78. The lowest BCUT2D eigenvalue weighted by Crippen LogP contribution is -2.45. The van der Waals surface area contributed by atoms with Crippen LogP contribution >= 0.6 is 0 Å². The summed E-state index contributed by atoms with van der Waals surface area (Å²) in [7, 11) is 0. The van der Waals surface area contributed by atoms with Gasteiger partial charge in [0.1, 0.15) is 0 Å². The minimum Gasteiger partial charge on any atom is -0.297 e. The largest absolute Gasteiger partial charge is 0.297 e. The van der Waals surface area contributed by atoms with E-state index in [9.17, 15) is 4.79 Å². The number of carbonyl (C=O) groups is 1. The molecule has 0 unspecified atom stereocenters. The third-order valence-corrected chi connectivity index (χ3v) is 6.25. The predicted molar refractivity (Wildman–Crippen MR) is 95.5 cm³/mol. The number of carbonyl (C=O) groups excluding carboxylic acids is 1. The van der Waals surface area contributed by atoms with E-state index in [0.29, 0.717) is 6.61 Å². The molecule has 3 fully saturated rings. The molecule has 0 bridgehead atoms. The van der Waals surface area contributed by atoms with Crippen LogP contribution in [0.25, 0.3) is 0 Å². The summed E-state index contributed by atoms with van der Waals surface area (Å²) in [5, 5.41) is 1.67. The Balaban J connectivity index is 1.43. The van der Waals surface area contributed by atoms with Crippen molar-refractivity contribution in [3.05, 3.63) is 29.6 Å². The van der Waals surface area contributed by atoms with Crippen LogP contribution in [0.15, 0.2) is 18.2 Å². The minimum absolute atomic E-state index is 0.140. The number of aromatic nitrogens is 1. The van der Waals surface area contributed by atoms with Crippen molar-refractivity contribution in [3.63, 3.8) is 0 Å². The number of nitrogens with zero attached hydrogens (tertiary/aromatic N) is 3. The lowest BCUT2D eigenvalue weighted by Gasteiger charge is -2.35. The Bertz CT molecular complexity index is 629. The monoisotopic (exact) mass is 343 g/mol. The molecular weight excluding hydrogens is 314 g/mol. The lowest BCUT2D eigenvalue weighted by molar-refractivity contribution is -0.204. The molecule has 3 heterocycles. The van der Waals surface area contributed by atoms with E-state index in [0.717, 1.165) is 63.3 Å². The molecule has 0 aromatic carbocycles. The van der Waals surface area contributed by atoms with E-state index in [1.54, 1.807) is 5.06 Å². The fourth-order valence-corrected chi connectivity index (χ4v) is 4.99. The molecule has 25 heavy (non-hydrogen) atoms. The van der Waals surface area contributed by atoms with Crippen molar-refractivity contribution in [2.45, 2.75) is 52.0 Å². The summed E-state index contributed by atoms with van der Waals surface area (Å²) in [5.74, 6) is 0.383. The van der Waals surface area contributed by atoms with Crippen LogP contribution in [0.5, 0.6) is 0 Å². The van der Waals surface area contributed by atoms with E-state index in [1.807, 2.05) is 13.0 Å². The van der Waals surface area contributed by atoms with Gasteiger partial charge in [0, 0.05) is 31.2 Å². The first kappa shape index (κ1) is 17.0. The third kappa shape index (κ3) is 3.44. The fourth-order valence-electron chi connectivity index (χ4n) is 4.99. The molecule has 4 rings (SSSR count). The summed E-state index contributed by atoms with van der Waals surface area (Å²) in [6, 6.07) is 6.23. The van der Waals surface area contributed by atoms with E-state index in [4.69, 9.17) is 4.84 Å². The van der Waals surface area contributed by atoms with Crippen LogP contribution in [0.2, 0.25) is 0 Å². The van der Waals surface area contributed by atoms with Crippen LogP contribution < -0.4 is 0 Å². The first-order valence-electron chi connectivity index (χ1n) is 9.75. The SMILES string of the molecule is Cc1cccc(CN2CC[C@@]3(CCC[C@@H]3C(=O)N3CCCCO3)C2)n1. The van der Waals surface area contributed by atoms with Gasteiger partial charge in [-0.2, -0.15) is 0 Å². The molecule has 1 aromatic heterocycles. The molecule has 2 atom stereocenters. The molecular formula is C20H29N3O2. The zero-order valence-electron chi connectivity index (χ0n) is 15.2. The van der Waals surface area contributed by atoms with Crippen molar-refractivity contribution in [1.82, 2.24) is 14.9 Å². The molecule has 0 N–H and O–H groups in total. The Morgan fingerprint density at radius 1 is 1.28 bits per heavy atom. The quantitative estimate of drug-likeness (QED) is 0.846. The van der Waals surface area contributed by atoms with Crippen LogP contribution in [0.4, 0.5) is 0 Å². The van der Waals surface area contributed by atoms with Gasteiger partial charge in [0.05, 0.1) is 12.3 Å². The van der Waals surface area contributed by atoms with Gasteiger partial charge in [-0.15, -0.1) is 0 Å². The van der Waals surface area contributed by atoms with Gasteiger partial charge in [-0.3, -0.25) is 19.5 Å². The topological polar surface area (TPSA) is 45.7 Å². The van der Waals surface area contributed by atoms with Crippen molar-refractivity contribution in [3.8, 4) is 0 Å². The number of likely N-dealkylation sites (tertiary alicyclic amines) is 1. The predicted octanol–water partition coefficient (Wildman–Crippen LogP) is 2.94. The van der Waals surface area contributed by atoms with Gasteiger partial charge < -0.3 is 0 Å². The highest BCUT2D eigenvalue weighted by atomic mass is 16.7. The molecule has 5 heteroatoms. The third-order valence-electron chi connectivity index (χ3n) is 6.25. The highest BCUT2D eigenvalue weighted by Gasteiger charge is 2.51. The van der Waals surface area contributed by atoms with Crippen LogP contribution in [0.3, 0.4) is 0 Å². The molecule has 1 spiro atoms. The van der Waals surface area contributed by atoms with Crippen molar-refractivity contribution in [2.24, 2.45) is 11.3 Å². The average molecular weight is 343 g/mol. The molecule has 136 valence electrons. The number of pyridine rings is 1. The molecule has 2 saturated heterocycles. The lowest BCUT2D eigenvalue weighted by atomic mass is 9.76. The van der Waals surface area contributed by atoms with Gasteiger partial charge in [-0.25, -0.2) is 5.06 Å². The minimum atomic E-state index is 0.140. The molecule has 3 aliphatic rings. The van der Waals surface area contributed by atoms with Gasteiger partial charge in [0.2, 0.25) is 5.91 Å². The Labute approximate surface area is 150 Å². The summed E-state index contributed by atoms with van der Waals surface area (Å²) in [5.41, 5.74) is 2.36. The first-order chi connectivity index (χ1) is 12.2. The average Bonchev–Trinajstić information content (AvgIpc) is 3.22. The highest BCUT2D eigenvalue weighted by molar-refractivity contribution is 5.79. The summed E-state index contributed by atoms with van der Waals surface area (Å²) >= 11 is 0. The van der Waals surface area contributed by atoms with Crippen LogP contribution in [0, 0.1) is 18.3 Å². The highest BCUT2D eigenvalue weighted by Crippen LogP contribution is 2.50. The van der Waals surface area contributed by atoms with E-state index >= 15 is 0 Å². The van der Waals surface area contributed by atoms with Gasteiger partial charge in [0.15, 0.2) is 0 Å². The summed E-state index contributed by atoms with van der Waals surface area (Å²) < 4.78 is 0. The van der Waals surface area contributed by atoms with Gasteiger partial charge in [-0.05, 0) is 63.1 Å². The number of hydroxylamine groups is 2. The standard InChI is InChI=1S/C20H29N3O2/c1-16-6-4-7-17(21-16)14-22-12-10-20(15-22)9-5-8-18(20)19(24)23-11-2-3-13-25-23/h4,6-7,18H,2-3,5,8-15H2,1H3/t18-,20+/m1/s1. The van der Waals surface area contributed by atoms with Crippen molar-refractivity contribution < 1.29 is 9.63 Å². The maximum atomic E-state index is 13.0. The van der Waals surface area contributed by atoms with Gasteiger partial charge in [-0.1, -0.05) is 12.5 Å². The Morgan fingerprint density at radius 3 is 3.00 bits per heavy atom. The number of amides is 1. The zero-order valence-corrected chi connectivity index (χ0v) is 15.2. The molecule has 1 amide bonds. The summed E-state index contributed by atoms with van der Waals surface area (Å²) in [6.07, 6.45) is 6.63. The van der Waals surface area contributed by atoms with Crippen molar-refractivity contribution in [2.75, 3.05) is 26.2 Å². The van der Waals surface area contributed by atoms with E-state index in [-0.39, 0.29) is 17.2 Å². The molecule has 1 saturated carbocycles. The second kappa shape index (κ2) is 7.04. The van der Waals surface area contributed by atoms with Gasteiger partial charge in [0.25, 0.3) is 0 Å². The van der Waals surface area contributed by atoms with Crippen LogP contribution in [-0.4, -0.2) is 47.1 Å². The number of hydrogen-bond donors (Lipinski definition) is 0. The second-order valence-corrected chi connectivity index (χ2v) is 8.02. The smallest absolute Gasteiger partial charge is 0.249 e. The summed E-state index contributed by atoms with van der Waals surface area (Å²) in [6.45, 7) is 6.48. The molecule has 1 aromatic rings. The van der Waals surface area contributed by atoms with E-state index in [1.165, 1.54) is 12.8 Å². The summed E-state index contributed by atoms with van der Waals surface area (Å²) in [4.78, 5) is 25.8. The molecule has 1 aliphatic carbocycles. The van der Waals surface area contributed by atoms with E-state index < -0.39 is 0 Å². The molecule has 0 radical (unpaired) electrons. The van der Waals surface area contributed by atoms with Gasteiger partial charge >= 0.3 is 0 Å².